The first kappa shape index (κ1) is 49.3. The van der Waals surface area contributed by atoms with Gasteiger partial charge in [-0.3, -0.25) is 4.79 Å². The molecule has 0 aromatic heterocycles. The number of aliphatic hydroxyl groups is 5. The van der Waals surface area contributed by atoms with Crippen LogP contribution in [0, 0.1) is 17.8 Å². The van der Waals surface area contributed by atoms with Crippen molar-refractivity contribution in [2.75, 3.05) is 33.8 Å². The maximum absolute atomic E-state index is 14.3. The van der Waals surface area contributed by atoms with Crippen LogP contribution < -0.4 is 16.0 Å². The molecule has 3 aliphatic rings. The number of nitrogens with one attached hydrogen (secondary N) is 3. The second-order valence-corrected chi connectivity index (χ2v) is 17.7. The van der Waals surface area contributed by atoms with Crippen LogP contribution in [0.25, 0.3) is 0 Å². The van der Waals surface area contributed by atoms with Crippen LogP contribution in [-0.4, -0.2) is 155 Å². The maximum Gasteiger partial charge on any atom is 0.311 e. The first-order valence-electron chi connectivity index (χ1n) is 21.1. The SMILES string of the molecule is CCCNC[C@]1(O)[C@H](C)O[C@@H](O[C@H]2[C@H](C)[C@@H](O[C@@H]3O[C@H](C)C[C@H](NC)[C@H]3O)[C@@](O)(CC)C[C@@H](C)CN[C@H](C)[C@@H](O)[C@](C)(O)[C@@H](CC)OC(=O)[C@@H]2C)C[C@@]1(C)OC. The minimum absolute atomic E-state index is 0.0948. The fourth-order valence-corrected chi connectivity index (χ4v) is 9.15. The predicted molar refractivity (Wildman–Crippen MR) is 212 cm³/mol. The number of esters is 1. The Morgan fingerprint density at radius 3 is 2.20 bits per heavy atom. The minimum atomic E-state index is -1.81. The van der Waals surface area contributed by atoms with Crippen LogP contribution in [0.5, 0.6) is 0 Å². The lowest BCUT2D eigenvalue weighted by atomic mass is 9.74. The molecule has 56 heavy (non-hydrogen) atoms. The Morgan fingerprint density at radius 2 is 1.62 bits per heavy atom. The lowest BCUT2D eigenvalue weighted by Gasteiger charge is -2.53. The van der Waals surface area contributed by atoms with Crippen LogP contribution in [0.2, 0.25) is 0 Å². The highest BCUT2D eigenvalue weighted by molar-refractivity contribution is 5.73. The van der Waals surface area contributed by atoms with E-state index in [0.717, 1.165) is 6.42 Å². The highest BCUT2D eigenvalue weighted by atomic mass is 16.7. The summed E-state index contributed by atoms with van der Waals surface area (Å²) in [6.45, 7) is 21.1. The molecule has 3 fully saturated rings. The number of hydrogen-bond donors (Lipinski definition) is 8. The number of cyclic esters (lactones) is 1. The number of rotatable bonds is 12. The molecule has 0 unspecified atom stereocenters. The number of carbonyl (C=O) groups is 1. The summed E-state index contributed by atoms with van der Waals surface area (Å²) in [6, 6.07) is -0.928. The van der Waals surface area contributed by atoms with Gasteiger partial charge in [-0.15, -0.1) is 0 Å². The van der Waals surface area contributed by atoms with Crippen molar-refractivity contribution in [1.82, 2.24) is 16.0 Å². The van der Waals surface area contributed by atoms with E-state index in [4.69, 9.17) is 28.4 Å². The number of ether oxygens (including phenoxy) is 6. The zero-order valence-corrected chi connectivity index (χ0v) is 36.5. The highest BCUT2D eigenvalue weighted by Crippen LogP contribution is 2.43. The van der Waals surface area contributed by atoms with Crippen molar-refractivity contribution in [3.05, 3.63) is 0 Å². The van der Waals surface area contributed by atoms with Gasteiger partial charge in [-0.25, -0.2) is 0 Å². The maximum atomic E-state index is 14.3. The lowest BCUT2D eigenvalue weighted by molar-refractivity contribution is -0.336. The second kappa shape index (κ2) is 20.5. The third-order valence-electron chi connectivity index (χ3n) is 13.2. The Balaban J connectivity index is 2.18. The first-order valence-corrected chi connectivity index (χ1v) is 21.1. The molecule has 330 valence electrons. The smallest absolute Gasteiger partial charge is 0.311 e. The highest BCUT2D eigenvalue weighted by Gasteiger charge is 2.58. The van der Waals surface area contributed by atoms with E-state index >= 15 is 0 Å². The van der Waals surface area contributed by atoms with Gasteiger partial charge in [0.05, 0.1) is 35.9 Å². The fraction of sp³-hybridized carbons (Fsp3) is 0.976. The van der Waals surface area contributed by atoms with E-state index in [1.54, 1.807) is 34.7 Å². The summed E-state index contributed by atoms with van der Waals surface area (Å²) >= 11 is 0. The van der Waals surface area contributed by atoms with Crippen molar-refractivity contribution in [1.29, 1.82) is 0 Å². The second-order valence-electron chi connectivity index (χ2n) is 17.7. The zero-order valence-electron chi connectivity index (χ0n) is 36.5. The van der Waals surface area contributed by atoms with E-state index in [1.165, 1.54) is 14.0 Å². The number of likely N-dealkylation sites (N-methyl/N-ethyl adjacent to an activating group) is 1. The Bertz CT molecular complexity index is 1220. The minimum Gasteiger partial charge on any atom is -0.459 e. The van der Waals surface area contributed by atoms with Gasteiger partial charge < -0.3 is 69.9 Å². The molecule has 0 bridgehead atoms. The zero-order chi connectivity index (χ0) is 42.4. The molecule has 0 aliphatic carbocycles. The summed E-state index contributed by atoms with van der Waals surface area (Å²) in [7, 11) is 3.30. The molecule has 3 aliphatic heterocycles. The molecule has 18 atom stereocenters. The molecule has 3 heterocycles. The standard InChI is InChI=1S/C41H79N3O12/c1-14-17-43-22-41(50)28(9)53-31(20-38(41,10)51-13)55-33-25(6)35(56-37-32(45)29(42-12)18-24(5)52-37)40(49,16-3)19-23(4)21-44-27(8)34(46)39(11,48)30(15-2)54-36(47)26(33)7/h23-35,37,42-46,48-50H,14-22H2,1-13H3/t23-,24-,25+,26-,27-,28+,29+,30-,31+,32-,33+,34-,35-,37+,38-,39-,40-,41+/m1/s1. The summed E-state index contributed by atoms with van der Waals surface area (Å²) < 4.78 is 38.4. The van der Waals surface area contributed by atoms with Crippen molar-refractivity contribution < 1.29 is 58.7 Å². The van der Waals surface area contributed by atoms with Crippen molar-refractivity contribution in [2.24, 2.45) is 17.8 Å². The molecule has 0 spiro atoms. The number of carbonyl (C=O) groups excluding carboxylic acids is 1. The van der Waals surface area contributed by atoms with Crippen molar-refractivity contribution in [3.63, 3.8) is 0 Å². The van der Waals surface area contributed by atoms with E-state index in [0.29, 0.717) is 19.5 Å². The van der Waals surface area contributed by atoms with Crippen molar-refractivity contribution in [3.8, 4) is 0 Å². The van der Waals surface area contributed by atoms with E-state index in [-0.39, 0.29) is 50.3 Å². The monoisotopic (exact) mass is 806 g/mol. The van der Waals surface area contributed by atoms with Gasteiger partial charge in [-0.05, 0) is 99.7 Å². The molecular formula is C41H79N3O12. The van der Waals surface area contributed by atoms with Gasteiger partial charge in [0.25, 0.3) is 0 Å². The van der Waals surface area contributed by atoms with Gasteiger partial charge in [0.15, 0.2) is 12.6 Å². The van der Waals surface area contributed by atoms with Gasteiger partial charge >= 0.3 is 5.97 Å². The van der Waals surface area contributed by atoms with Gasteiger partial charge in [-0.1, -0.05) is 34.6 Å². The summed E-state index contributed by atoms with van der Waals surface area (Å²) in [5, 5.41) is 69.2. The largest absolute Gasteiger partial charge is 0.459 e. The molecule has 8 N–H and O–H groups in total. The number of methoxy groups -OCH3 is 1. The van der Waals surface area contributed by atoms with Crippen LogP contribution in [0.1, 0.15) is 115 Å². The van der Waals surface area contributed by atoms with Gasteiger partial charge in [0, 0.05) is 38.1 Å². The summed E-state index contributed by atoms with van der Waals surface area (Å²) in [4.78, 5) is 14.3. The quantitative estimate of drug-likeness (QED) is 0.105. The predicted octanol–water partition coefficient (Wildman–Crippen LogP) is 1.98. The van der Waals surface area contributed by atoms with Crippen LogP contribution >= 0.6 is 0 Å². The normalized spacial score (nSPS) is 47.8. The Kier molecular flexibility index (Phi) is 18.0. The fourth-order valence-electron chi connectivity index (χ4n) is 9.15. The molecule has 0 aromatic rings. The van der Waals surface area contributed by atoms with Crippen molar-refractivity contribution >= 4 is 5.97 Å². The summed E-state index contributed by atoms with van der Waals surface area (Å²) in [5.74, 6) is -2.65. The average Bonchev–Trinajstić information content (AvgIpc) is 3.15. The van der Waals surface area contributed by atoms with E-state index in [1.807, 2.05) is 41.5 Å². The molecule has 15 heteroatoms. The van der Waals surface area contributed by atoms with Gasteiger partial charge in [-0.2, -0.15) is 0 Å². The summed E-state index contributed by atoms with van der Waals surface area (Å²) in [6.07, 6.45) is -6.47. The summed E-state index contributed by atoms with van der Waals surface area (Å²) in [5.41, 5.74) is -5.91. The van der Waals surface area contributed by atoms with E-state index in [2.05, 4.69) is 16.0 Å². The van der Waals surface area contributed by atoms with Crippen LogP contribution in [0.4, 0.5) is 0 Å². The number of hydrogen-bond acceptors (Lipinski definition) is 15. The van der Waals surface area contributed by atoms with Crippen LogP contribution in [0.3, 0.4) is 0 Å². The molecule has 15 nitrogen and oxygen atoms in total. The first-order chi connectivity index (χ1) is 26.1. The van der Waals surface area contributed by atoms with Crippen molar-refractivity contribution in [2.45, 2.75) is 204 Å². The molecule has 0 aromatic carbocycles. The number of aliphatic hydroxyl groups excluding tert-OH is 2. The van der Waals surface area contributed by atoms with Gasteiger partial charge in [0.2, 0.25) is 0 Å². The molecule has 0 radical (unpaired) electrons. The van der Waals surface area contributed by atoms with E-state index in [9.17, 15) is 30.3 Å². The molecule has 3 rings (SSSR count). The van der Waals surface area contributed by atoms with Crippen LogP contribution in [-0.2, 0) is 33.2 Å². The average molecular weight is 806 g/mol. The topological polar surface area (TPSA) is 210 Å². The Labute approximate surface area is 336 Å². The molecule has 0 amide bonds. The Hall–Kier alpha value is -1.05. The molecule has 0 saturated carbocycles. The molecule has 3 saturated heterocycles. The van der Waals surface area contributed by atoms with E-state index < -0.39 is 95.5 Å². The third kappa shape index (κ3) is 10.8. The lowest BCUT2D eigenvalue weighted by Crippen LogP contribution is -2.70. The Morgan fingerprint density at radius 1 is 0.964 bits per heavy atom. The third-order valence-corrected chi connectivity index (χ3v) is 13.2. The van der Waals surface area contributed by atoms with Crippen LogP contribution in [0.15, 0.2) is 0 Å². The molecular weight excluding hydrogens is 726 g/mol. The van der Waals surface area contributed by atoms with Gasteiger partial charge in [0.1, 0.15) is 35.1 Å².